The number of benzene rings is 2. The molecule has 2 N–H and O–H groups in total. The monoisotopic (exact) mass is 375 g/mol. The number of carbonyl (C=O) groups is 1. The zero-order valence-electron chi connectivity index (χ0n) is 13.0. The SMILES string of the molecule is COc1ccc(C=NNC(=O)CNc2cccc(C)c2)cc1Br. The molecule has 0 bridgehead atoms. The highest BCUT2D eigenvalue weighted by Crippen LogP contribution is 2.24. The molecule has 0 fully saturated rings. The number of halogens is 1. The molecule has 0 aliphatic rings. The maximum absolute atomic E-state index is 11.7. The zero-order chi connectivity index (χ0) is 16.7. The Kier molecular flexibility index (Phi) is 6.17. The highest BCUT2D eigenvalue weighted by atomic mass is 79.9. The van der Waals surface area contributed by atoms with Gasteiger partial charge in [-0.15, -0.1) is 0 Å². The summed E-state index contributed by atoms with van der Waals surface area (Å²) in [6, 6.07) is 13.4. The van der Waals surface area contributed by atoms with E-state index in [-0.39, 0.29) is 12.5 Å². The Hall–Kier alpha value is -2.34. The fraction of sp³-hybridized carbons (Fsp3) is 0.176. The molecule has 0 saturated heterocycles. The van der Waals surface area contributed by atoms with Crippen LogP contribution in [0.1, 0.15) is 11.1 Å². The number of nitrogens with zero attached hydrogens (tertiary/aromatic N) is 1. The summed E-state index contributed by atoms with van der Waals surface area (Å²) in [7, 11) is 1.61. The number of ether oxygens (including phenoxy) is 1. The van der Waals surface area contributed by atoms with Gasteiger partial charge >= 0.3 is 0 Å². The van der Waals surface area contributed by atoms with Gasteiger partial charge in [0.2, 0.25) is 0 Å². The number of hydrogen-bond acceptors (Lipinski definition) is 4. The second-order valence-electron chi connectivity index (χ2n) is 4.91. The average molecular weight is 376 g/mol. The van der Waals surface area contributed by atoms with Gasteiger partial charge in [-0.2, -0.15) is 5.10 Å². The van der Waals surface area contributed by atoms with Crippen molar-refractivity contribution in [1.29, 1.82) is 0 Å². The van der Waals surface area contributed by atoms with Crippen LogP contribution >= 0.6 is 15.9 Å². The molecule has 0 radical (unpaired) electrons. The Morgan fingerprint density at radius 3 is 2.83 bits per heavy atom. The number of rotatable bonds is 6. The van der Waals surface area contributed by atoms with Gasteiger partial charge in [-0.1, -0.05) is 12.1 Å². The van der Waals surface area contributed by atoms with Gasteiger partial charge in [0, 0.05) is 5.69 Å². The van der Waals surface area contributed by atoms with E-state index in [2.05, 4.69) is 31.8 Å². The minimum atomic E-state index is -0.213. The van der Waals surface area contributed by atoms with Crippen molar-refractivity contribution in [3.63, 3.8) is 0 Å². The van der Waals surface area contributed by atoms with Crippen molar-refractivity contribution < 1.29 is 9.53 Å². The van der Waals surface area contributed by atoms with E-state index in [1.807, 2.05) is 49.4 Å². The van der Waals surface area contributed by atoms with E-state index in [9.17, 15) is 4.79 Å². The normalized spacial score (nSPS) is 10.6. The third-order valence-corrected chi connectivity index (χ3v) is 3.67. The standard InChI is InChI=1S/C17H18BrN3O2/c1-12-4-3-5-14(8-12)19-11-17(22)21-20-10-13-6-7-16(23-2)15(18)9-13/h3-10,19H,11H2,1-2H3,(H,21,22). The molecule has 0 aliphatic carbocycles. The first-order valence-electron chi connectivity index (χ1n) is 7.04. The summed E-state index contributed by atoms with van der Waals surface area (Å²) < 4.78 is 5.99. The summed E-state index contributed by atoms with van der Waals surface area (Å²) in [6.07, 6.45) is 1.58. The predicted molar refractivity (Wildman–Crippen MR) is 96.1 cm³/mol. The summed E-state index contributed by atoms with van der Waals surface area (Å²) >= 11 is 3.40. The number of methoxy groups -OCH3 is 1. The molecule has 23 heavy (non-hydrogen) atoms. The van der Waals surface area contributed by atoms with E-state index >= 15 is 0 Å². The van der Waals surface area contributed by atoms with E-state index in [4.69, 9.17) is 4.74 Å². The van der Waals surface area contributed by atoms with Crippen LogP contribution in [0.5, 0.6) is 5.75 Å². The largest absolute Gasteiger partial charge is 0.496 e. The van der Waals surface area contributed by atoms with Crippen LogP contribution in [0.4, 0.5) is 5.69 Å². The molecule has 2 rings (SSSR count). The van der Waals surface area contributed by atoms with E-state index in [1.54, 1.807) is 13.3 Å². The third-order valence-electron chi connectivity index (χ3n) is 3.05. The quantitative estimate of drug-likeness (QED) is 0.601. The van der Waals surface area contributed by atoms with Crippen LogP contribution in [-0.2, 0) is 4.79 Å². The van der Waals surface area contributed by atoms with Crippen LogP contribution in [0.3, 0.4) is 0 Å². The van der Waals surface area contributed by atoms with Crippen LogP contribution in [-0.4, -0.2) is 25.8 Å². The summed E-state index contributed by atoms with van der Waals surface area (Å²) in [6.45, 7) is 2.16. The molecule has 0 aromatic heterocycles. The molecule has 0 spiro atoms. The molecular formula is C17H18BrN3O2. The van der Waals surface area contributed by atoms with Crippen molar-refractivity contribution in [3.8, 4) is 5.75 Å². The first-order chi connectivity index (χ1) is 11.1. The smallest absolute Gasteiger partial charge is 0.259 e. The molecule has 1 amide bonds. The van der Waals surface area contributed by atoms with Gasteiger partial charge in [0.15, 0.2) is 0 Å². The first kappa shape index (κ1) is 17.0. The third kappa shape index (κ3) is 5.41. The average Bonchev–Trinajstić information content (AvgIpc) is 2.53. The van der Waals surface area contributed by atoms with Crippen molar-refractivity contribution in [1.82, 2.24) is 5.43 Å². The van der Waals surface area contributed by atoms with E-state index < -0.39 is 0 Å². The fourth-order valence-electron chi connectivity index (χ4n) is 1.92. The zero-order valence-corrected chi connectivity index (χ0v) is 14.6. The van der Waals surface area contributed by atoms with Crippen LogP contribution in [0.2, 0.25) is 0 Å². The molecule has 6 heteroatoms. The molecule has 0 aliphatic heterocycles. The van der Waals surface area contributed by atoms with Gasteiger partial charge in [-0.3, -0.25) is 4.79 Å². The predicted octanol–water partition coefficient (Wildman–Crippen LogP) is 3.33. The van der Waals surface area contributed by atoms with Crippen LogP contribution in [0.15, 0.2) is 52.0 Å². The van der Waals surface area contributed by atoms with Crippen molar-refractivity contribution in [2.24, 2.45) is 5.10 Å². The number of aryl methyl sites for hydroxylation is 1. The molecule has 0 saturated carbocycles. The summed E-state index contributed by atoms with van der Waals surface area (Å²) in [5.41, 5.74) is 5.38. The van der Waals surface area contributed by atoms with Crippen molar-refractivity contribution in [2.45, 2.75) is 6.92 Å². The van der Waals surface area contributed by atoms with E-state index in [0.717, 1.165) is 27.0 Å². The second-order valence-corrected chi connectivity index (χ2v) is 5.76. The minimum absolute atomic E-state index is 0.160. The van der Waals surface area contributed by atoms with Gasteiger partial charge in [0.25, 0.3) is 5.91 Å². The van der Waals surface area contributed by atoms with Crippen LogP contribution in [0.25, 0.3) is 0 Å². The number of hydrazone groups is 1. The topological polar surface area (TPSA) is 62.7 Å². The number of hydrogen-bond donors (Lipinski definition) is 2. The fourth-order valence-corrected chi connectivity index (χ4v) is 2.48. The molecule has 0 unspecified atom stereocenters. The Labute approximate surface area is 143 Å². The summed E-state index contributed by atoms with van der Waals surface area (Å²) in [5, 5.41) is 6.99. The van der Waals surface area contributed by atoms with E-state index in [1.165, 1.54) is 0 Å². The Morgan fingerprint density at radius 1 is 1.30 bits per heavy atom. The van der Waals surface area contributed by atoms with Crippen molar-refractivity contribution in [3.05, 3.63) is 58.1 Å². The van der Waals surface area contributed by atoms with Gasteiger partial charge < -0.3 is 10.1 Å². The van der Waals surface area contributed by atoms with Crippen LogP contribution in [0, 0.1) is 6.92 Å². The Bertz CT molecular complexity index is 717. The molecule has 0 heterocycles. The Balaban J connectivity index is 1.83. The highest BCUT2D eigenvalue weighted by Gasteiger charge is 2.01. The number of amides is 1. The van der Waals surface area contributed by atoms with Gasteiger partial charge in [0.1, 0.15) is 5.75 Å². The van der Waals surface area contributed by atoms with Gasteiger partial charge in [-0.05, 0) is 64.3 Å². The molecule has 2 aromatic rings. The van der Waals surface area contributed by atoms with Crippen LogP contribution < -0.4 is 15.5 Å². The van der Waals surface area contributed by atoms with Gasteiger partial charge in [-0.25, -0.2) is 5.43 Å². The lowest BCUT2D eigenvalue weighted by Crippen LogP contribution is -2.25. The lowest BCUT2D eigenvalue weighted by Gasteiger charge is -2.06. The first-order valence-corrected chi connectivity index (χ1v) is 7.84. The lowest BCUT2D eigenvalue weighted by molar-refractivity contribution is -0.119. The summed E-state index contributed by atoms with van der Waals surface area (Å²) in [5.74, 6) is 0.531. The lowest BCUT2D eigenvalue weighted by atomic mass is 10.2. The van der Waals surface area contributed by atoms with E-state index in [0.29, 0.717) is 0 Å². The molecule has 120 valence electrons. The second kappa shape index (κ2) is 8.33. The summed E-state index contributed by atoms with van der Waals surface area (Å²) in [4.78, 5) is 11.7. The Morgan fingerprint density at radius 2 is 2.13 bits per heavy atom. The molecule has 5 nitrogen and oxygen atoms in total. The highest BCUT2D eigenvalue weighted by molar-refractivity contribution is 9.10. The molecular weight excluding hydrogens is 358 g/mol. The number of carbonyl (C=O) groups excluding carboxylic acids is 1. The minimum Gasteiger partial charge on any atom is -0.496 e. The number of anilines is 1. The number of nitrogens with one attached hydrogen (secondary N) is 2. The maximum atomic E-state index is 11.7. The van der Waals surface area contributed by atoms with Gasteiger partial charge in [0.05, 0.1) is 24.3 Å². The molecule has 2 aromatic carbocycles. The maximum Gasteiger partial charge on any atom is 0.259 e. The van der Waals surface area contributed by atoms with Crippen molar-refractivity contribution >= 4 is 33.7 Å². The molecule has 0 atom stereocenters. The van der Waals surface area contributed by atoms with Crippen molar-refractivity contribution in [2.75, 3.05) is 19.0 Å².